The van der Waals surface area contributed by atoms with E-state index in [0.29, 0.717) is 24.8 Å². The van der Waals surface area contributed by atoms with E-state index in [4.69, 9.17) is 4.74 Å². The molecule has 0 aromatic rings. The molecule has 0 aromatic carbocycles. The molecule has 1 unspecified atom stereocenters. The second-order valence-corrected chi connectivity index (χ2v) is 6.92. The zero-order chi connectivity index (χ0) is 14.0. The molecule has 0 spiro atoms. The van der Waals surface area contributed by atoms with Crippen LogP contribution in [0.5, 0.6) is 0 Å². The van der Waals surface area contributed by atoms with Gasteiger partial charge in [-0.15, -0.1) is 0 Å². The number of aliphatic hydroxyl groups is 2. The van der Waals surface area contributed by atoms with Crippen LogP contribution >= 0.6 is 0 Å². The zero-order valence-electron chi connectivity index (χ0n) is 11.8. The topological polar surface area (TPSA) is 66.8 Å². The van der Waals surface area contributed by atoms with Crippen molar-refractivity contribution in [3.05, 3.63) is 11.1 Å². The van der Waals surface area contributed by atoms with E-state index in [1.165, 1.54) is 0 Å². The Kier molecular flexibility index (Phi) is 2.64. The molecule has 3 aliphatic rings. The fourth-order valence-electron chi connectivity index (χ4n) is 4.25. The zero-order valence-corrected chi connectivity index (χ0v) is 11.8. The molecule has 4 heteroatoms. The van der Waals surface area contributed by atoms with Crippen LogP contribution in [-0.4, -0.2) is 33.5 Å². The summed E-state index contributed by atoms with van der Waals surface area (Å²) in [6, 6.07) is 0. The van der Waals surface area contributed by atoms with Crippen molar-refractivity contribution in [3.8, 4) is 0 Å². The molecule has 19 heavy (non-hydrogen) atoms. The Labute approximate surface area is 113 Å². The monoisotopic (exact) mass is 266 g/mol. The van der Waals surface area contributed by atoms with E-state index in [1.54, 1.807) is 6.92 Å². The summed E-state index contributed by atoms with van der Waals surface area (Å²) in [6.07, 6.45) is 2.35. The van der Waals surface area contributed by atoms with Gasteiger partial charge in [-0.2, -0.15) is 0 Å². The number of carbonyl (C=O) groups is 1. The highest BCUT2D eigenvalue weighted by Gasteiger charge is 2.55. The van der Waals surface area contributed by atoms with E-state index >= 15 is 0 Å². The van der Waals surface area contributed by atoms with E-state index in [-0.39, 0.29) is 23.9 Å². The molecule has 2 N–H and O–H groups in total. The summed E-state index contributed by atoms with van der Waals surface area (Å²) in [6.45, 7) is 5.45. The molecule has 4 nitrogen and oxygen atoms in total. The van der Waals surface area contributed by atoms with Gasteiger partial charge in [-0.1, -0.05) is 0 Å². The van der Waals surface area contributed by atoms with Gasteiger partial charge in [0.1, 0.15) is 6.10 Å². The van der Waals surface area contributed by atoms with Crippen molar-refractivity contribution in [2.24, 2.45) is 11.8 Å². The van der Waals surface area contributed by atoms with Gasteiger partial charge in [0.15, 0.2) is 0 Å². The minimum atomic E-state index is -0.886. The highest BCUT2D eigenvalue weighted by molar-refractivity contribution is 5.91. The Morgan fingerprint density at radius 1 is 1.21 bits per heavy atom. The Balaban J connectivity index is 2.04. The molecule has 1 aliphatic heterocycles. The van der Waals surface area contributed by atoms with E-state index in [0.717, 1.165) is 12.0 Å². The second kappa shape index (κ2) is 3.83. The van der Waals surface area contributed by atoms with Crippen LogP contribution in [0.4, 0.5) is 0 Å². The SMILES string of the molecule is CC1=C2C[C@H]3[C@H](CC[C@]3(C)O)[C@@](C)(O)CC2OC1=O. The number of hydrogen-bond donors (Lipinski definition) is 2. The highest BCUT2D eigenvalue weighted by atomic mass is 16.5. The number of hydrogen-bond acceptors (Lipinski definition) is 4. The summed E-state index contributed by atoms with van der Waals surface area (Å²) in [4.78, 5) is 11.7. The number of carbonyl (C=O) groups excluding carboxylic acids is 1. The van der Waals surface area contributed by atoms with Gasteiger partial charge in [-0.05, 0) is 57.4 Å². The highest BCUT2D eigenvalue weighted by Crippen LogP contribution is 2.53. The fraction of sp³-hybridized carbons (Fsp3) is 0.800. The first-order valence-corrected chi connectivity index (χ1v) is 7.08. The molecule has 0 radical (unpaired) electrons. The predicted octanol–water partition coefficient (Wildman–Crippen LogP) is 1.55. The molecule has 0 aromatic heterocycles. The van der Waals surface area contributed by atoms with E-state index in [2.05, 4.69) is 0 Å². The summed E-state index contributed by atoms with van der Waals surface area (Å²) >= 11 is 0. The number of rotatable bonds is 0. The van der Waals surface area contributed by atoms with Gasteiger partial charge in [0.05, 0.1) is 11.2 Å². The third-order valence-electron chi connectivity index (χ3n) is 5.51. The molecule has 1 heterocycles. The van der Waals surface area contributed by atoms with Crippen LogP contribution in [0, 0.1) is 11.8 Å². The molecule has 5 atom stereocenters. The molecule has 2 saturated carbocycles. The standard InChI is InChI=1S/C15H22O4/c1-8-9-6-11-10(4-5-14(11,2)17)15(3,18)7-12(9)19-13(8)16/h10-12,17-18H,4-7H2,1-3H3/t10-,11-,12?,14-,15-/m0/s1. The molecular weight excluding hydrogens is 244 g/mol. The summed E-state index contributed by atoms with van der Waals surface area (Å²) in [7, 11) is 0. The Morgan fingerprint density at radius 2 is 1.89 bits per heavy atom. The summed E-state index contributed by atoms with van der Waals surface area (Å²) in [5, 5.41) is 21.3. The van der Waals surface area contributed by atoms with Crippen molar-refractivity contribution >= 4 is 5.97 Å². The minimum absolute atomic E-state index is 0.00644. The fourth-order valence-corrected chi connectivity index (χ4v) is 4.25. The van der Waals surface area contributed by atoms with Crippen molar-refractivity contribution in [2.45, 2.75) is 63.8 Å². The van der Waals surface area contributed by atoms with Crippen molar-refractivity contribution in [1.82, 2.24) is 0 Å². The average molecular weight is 266 g/mol. The van der Waals surface area contributed by atoms with Gasteiger partial charge < -0.3 is 14.9 Å². The maximum atomic E-state index is 11.7. The van der Waals surface area contributed by atoms with Gasteiger partial charge in [-0.3, -0.25) is 0 Å². The van der Waals surface area contributed by atoms with Crippen LogP contribution in [-0.2, 0) is 9.53 Å². The molecule has 0 saturated heterocycles. The van der Waals surface area contributed by atoms with Gasteiger partial charge in [0.2, 0.25) is 0 Å². The van der Waals surface area contributed by atoms with E-state index < -0.39 is 11.2 Å². The lowest BCUT2D eigenvalue weighted by Gasteiger charge is -2.35. The molecule has 2 fully saturated rings. The lowest BCUT2D eigenvalue weighted by molar-refractivity contribution is -0.142. The lowest BCUT2D eigenvalue weighted by Crippen LogP contribution is -2.41. The Hall–Kier alpha value is -0.870. The average Bonchev–Trinajstić information content (AvgIpc) is 2.66. The summed E-state index contributed by atoms with van der Waals surface area (Å²) in [5.74, 6) is -0.189. The van der Waals surface area contributed by atoms with E-state index in [9.17, 15) is 15.0 Å². The van der Waals surface area contributed by atoms with Gasteiger partial charge >= 0.3 is 5.97 Å². The van der Waals surface area contributed by atoms with Crippen molar-refractivity contribution < 1.29 is 19.7 Å². The summed E-state index contributed by atoms with van der Waals surface area (Å²) < 4.78 is 5.37. The van der Waals surface area contributed by atoms with Crippen LogP contribution in [0.3, 0.4) is 0 Å². The van der Waals surface area contributed by atoms with Crippen LogP contribution in [0.15, 0.2) is 11.1 Å². The van der Waals surface area contributed by atoms with Gasteiger partial charge in [0.25, 0.3) is 0 Å². The molecule has 0 bridgehead atoms. The summed E-state index contributed by atoms with van der Waals surface area (Å²) in [5.41, 5.74) is 0.00869. The first kappa shape index (κ1) is 13.1. The lowest BCUT2D eigenvalue weighted by atomic mass is 9.76. The van der Waals surface area contributed by atoms with Gasteiger partial charge in [-0.25, -0.2) is 4.79 Å². The first-order chi connectivity index (χ1) is 8.72. The normalized spacial score (nSPS) is 49.7. The first-order valence-electron chi connectivity index (χ1n) is 7.08. The van der Waals surface area contributed by atoms with Crippen LogP contribution in [0.25, 0.3) is 0 Å². The minimum Gasteiger partial charge on any atom is -0.454 e. The molecule has 0 amide bonds. The predicted molar refractivity (Wildman–Crippen MR) is 69.3 cm³/mol. The Morgan fingerprint density at radius 3 is 2.58 bits per heavy atom. The maximum Gasteiger partial charge on any atom is 0.334 e. The number of esters is 1. The molecular formula is C15H22O4. The van der Waals surface area contributed by atoms with Crippen molar-refractivity contribution in [2.75, 3.05) is 0 Å². The number of fused-ring (bicyclic) bond motifs is 2. The molecule has 106 valence electrons. The van der Waals surface area contributed by atoms with Crippen molar-refractivity contribution in [1.29, 1.82) is 0 Å². The second-order valence-electron chi connectivity index (χ2n) is 6.92. The quantitative estimate of drug-likeness (QED) is 0.653. The van der Waals surface area contributed by atoms with Gasteiger partial charge in [0, 0.05) is 12.0 Å². The van der Waals surface area contributed by atoms with Crippen LogP contribution in [0.1, 0.15) is 46.5 Å². The maximum absolute atomic E-state index is 11.7. The third-order valence-corrected chi connectivity index (χ3v) is 5.51. The largest absolute Gasteiger partial charge is 0.454 e. The van der Waals surface area contributed by atoms with E-state index in [1.807, 2.05) is 13.8 Å². The third kappa shape index (κ3) is 1.84. The smallest absolute Gasteiger partial charge is 0.334 e. The van der Waals surface area contributed by atoms with Crippen LogP contribution < -0.4 is 0 Å². The molecule has 3 rings (SSSR count). The number of ether oxygens (including phenoxy) is 1. The van der Waals surface area contributed by atoms with Crippen LogP contribution in [0.2, 0.25) is 0 Å². The van der Waals surface area contributed by atoms with Crippen molar-refractivity contribution in [3.63, 3.8) is 0 Å². The molecule has 2 aliphatic carbocycles. The Bertz CT molecular complexity index is 461.